The molecule has 0 spiro atoms. The van der Waals surface area contributed by atoms with Gasteiger partial charge in [0, 0.05) is 30.5 Å². The molecule has 1 aliphatic heterocycles. The summed E-state index contributed by atoms with van der Waals surface area (Å²) in [5.74, 6) is -0.134. The second-order valence-electron chi connectivity index (χ2n) is 6.57. The first-order chi connectivity index (χ1) is 12.3. The van der Waals surface area contributed by atoms with Gasteiger partial charge in [-0.2, -0.15) is 5.10 Å². The Bertz CT molecular complexity index is 704. The van der Waals surface area contributed by atoms with Gasteiger partial charge in [-0.25, -0.2) is 5.43 Å². The molecule has 1 aliphatic rings. The van der Waals surface area contributed by atoms with Crippen LogP contribution in [0.25, 0.3) is 0 Å². The highest BCUT2D eigenvalue weighted by Gasteiger charge is 2.16. The van der Waals surface area contributed by atoms with E-state index in [0.717, 1.165) is 44.5 Å². The third kappa shape index (κ3) is 6.28. The van der Waals surface area contributed by atoms with Crippen molar-refractivity contribution in [2.75, 3.05) is 19.6 Å². The number of quaternary nitrogens is 1. The summed E-state index contributed by atoms with van der Waals surface area (Å²) in [4.78, 5) is 13.7. The van der Waals surface area contributed by atoms with Gasteiger partial charge in [-0.05, 0) is 24.1 Å². The lowest BCUT2D eigenvalue weighted by Gasteiger charge is -2.16. The van der Waals surface area contributed by atoms with E-state index >= 15 is 0 Å². The van der Waals surface area contributed by atoms with Gasteiger partial charge in [0.15, 0.2) is 0 Å². The Labute approximate surface area is 161 Å². The molecule has 0 radical (unpaired) electrons. The number of hydrazone groups is 1. The number of rotatable bonds is 5. The molecular weight excluding hydrogens is 346 g/mol. The van der Waals surface area contributed by atoms with Crippen LogP contribution in [-0.4, -0.2) is 31.3 Å². The van der Waals surface area contributed by atoms with Crippen LogP contribution in [0.5, 0.6) is 0 Å². The van der Waals surface area contributed by atoms with E-state index in [9.17, 15) is 4.79 Å². The van der Waals surface area contributed by atoms with Crippen LogP contribution >= 0.6 is 0 Å². The molecule has 1 fully saturated rings. The topological polar surface area (TPSA) is 45.9 Å². The van der Waals surface area contributed by atoms with E-state index in [4.69, 9.17) is 0 Å². The highest BCUT2D eigenvalue weighted by molar-refractivity contribution is 5.95. The third-order valence-corrected chi connectivity index (χ3v) is 4.72. The Morgan fingerprint density at radius 1 is 0.962 bits per heavy atom. The summed E-state index contributed by atoms with van der Waals surface area (Å²) >= 11 is 0. The molecule has 5 heteroatoms. The smallest absolute Gasteiger partial charge is 0.271 e. The van der Waals surface area contributed by atoms with Crippen molar-refractivity contribution in [3.63, 3.8) is 0 Å². The molecule has 0 aliphatic carbocycles. The minimum atomic E-state index is -0.134. The lowest BCUT2D eigenvalue weighted by molar-refractivity contribution is -0.898. The second-order valence-corrected chi connectivity index (χ2v) is 6.57. The zero-order chi connectivity index (χ0) is 17.3. The van der Waals surface area contributed by atoms with Crippen LogP contribution in [0, 0.1) is 0 Å². The normalized spacial score (nSPS) is 18.6. The lowest BCUT2D eigenvalue weighted by atomic mass is 10.1. The van der Waals surface area contributed by atoms with Crippen molar-refractivity contribution in [2.45, 2.75) is 25.7 Å². The lowest BCUT2D eigenvalue weighted by Crippen LogP contribution is -3.12. The highest BCUT2D eigenvalue weighted by Crippen LogP contribution is 2.02. The second kappa shape index (κ2) is 10.7. The molecule has 2 N–H and O–H groups in total. The molecule has 0 aromatic heterocycles. The molecule has 0 saturated carbocycles. The van der Waals surface area contributed by atoms with Crippen LogP contribution < -0.4 is 22.7 Å². The van der Waals surface area contributed by atoms with E-state index in [0.29, 0.717) is 5.56 Å². The molecular formula is C21H26ClN3O. The molecule has 0 bridgehead atoms. The summed E-state index contributed by atoms with van der Waals surface area (Å²) in [6.07, 6.45) is 4.18. The average molecular weight is 372 g/mol. The molecule has 138 valence electrons. The van der Waals surface area contributed by atoms with Crippen LogP contribution in [0.4, 0.5) is 0 Å². The fourth-order valence-electron chi connectivity index (χ4n) is 3.23. The number of carbonyl (C=O) groups excluding carboxylic acids is 1. The average Bonchev–Trinajstić information content (AvgIpc) is 2.91. The van der Waals surface area contributed by atoms with Gasteiger partial charge in [0.2, 0.25) is 0 Å². The largest absolute Gasteiger partial charge is 1.00 e. The molecule has 26 heavy (non-hydrogen) atoms. The third-order valence-electron chi connectivity index (χ3n) is 4.72. The first-order valence-corrected chi connectivity index (χ1v) is 9.09. The maximum Gasteiger partial charge on any atom is 0.271 e. The van der Waals surface area contributed by atoms with Crippen LogP contribution in [-0.2, 0) is 6.42 Å². The van der Waals surface area contributed by atoms with Gasteiger partial charge in [-0.3, -0.25) is 4.79 Å². The fraction of sp³-hybridized carbons (Fsp3) is 0.333. The number of hydrogen-bond donors (Lipinski definition) is 2. The zero-order valence-electron chi connectivity index (χ0n) is 15.0. The predicted molar refractivity (Wildman–Crippen MR) is 101 cm³/mol. The Hall–Kier alpha value is -2.17. The Balaban J connectivity index is 0.00000243. The van der Waals surface area contributed by atoms with Gasteiger partial charge >= 0.3 is 0 Å². The Morgan fingerprint density at radius 3 is 2.38 bits per heavy atom. The van der Waals surface area contributed by atoms with Crippen LogP contribution in [0.15, 0.2) is 65.8 Å². The number of likely N-dealkylation sites (tertiary alicyclic amines) is 1. The van der Waals surface area contributed by atoms with E-state index in [2.05, 4.69) is 40.9 Å². The minimum Gasteiger partial charge on any atom is -1.00 e. The van der Waals surface area contributed by atoms with E-state index in [1.54, 1.807) is 17.0 Å². The summed E-state index contributed by atoms with van der Waals surface area (Å²) in [5.41, 5.74) is 5.87. The summed E-state index contributed by atoms with van der Waals surface area (Å²) in [7, 11) is 0. The highest BCUT2D eigenvalue weighted by atomic mass is 35.5. The fourth-order valence-corrected chi connectivity index (χ4v) is 3.23. The molecule has 1 saturated heterocycles. The van der Waals surface area contributed by atoms with Gasteiger partial charge in [0.1, 0.15) is 0 Å². The maximum atomic E-state index is 12.1. The predicted octanol–water partition coefficient (Wildman–Crippen LogP) is -0.912. The van der Waals surface area contributed by atoms with Gasteiger partial charge in [-0.15, -0.1) is 0 Å². The summed E-state index contributed by atoms with van der Waals surface area (Å²) in [6, 6.07) is 19.9. The van der Waals surface area contributed by atoms with Gasteiger partial charge in [-0.1, -0.05) is 48.5 Å². The molecule has 3 rings (SSSR count). The standard InChI is InChI=1S/C21H25N3O.ClH/c25-21(19-10-5-2-6-11-19)23-22-20-12-7-15-24(17-14-20)16-13-18-8-3-1-4-9-18;/h1-6,8-11H,7,12-17H2,(H,23,25);1H/b22-20-;. The Morgan fingerprint density at radius 2 is 1.65 bits per heavy atom. The van der Waals surface area contributed by atoms with Crippen LogP contribution in [0.2, 0.25) is 0 Å². The Kier molecular flexibility index (Phi) is 8.32. The first kappa shape index (κ1) is 20.1. The molecule has 1 atom stereocenters. The monoisotopic (exact) mass is 371 g/mol. The minimum absolute atomic E-state index is 0. The van der Waals surface area contributed by atoms with Gasteiger partial charge in [0.25, 0.3) is 5.91 Å². The van der Waals surface area contributed by atoms with Gasteiger partial charge < -0.3 is 17.3 Å². The van der Waals surface area contributed by atoms with E-state index in [1.165, 1.54) is 12.1 Å². The number of amides is 1. The zero-order valence-corrected chi connectivity index (χ0v) is 15.7. The maximum absolute atomic E-state index is 12.1. The SMILES string of the molecule is O=C(N/N=C1/CCC[NH+](CCc2ccccc2)CC1)c1ccccc1.[Cl-]. The molecule has 1 unspecified atom stereocenters. The van der Waals surface area contributed by atoms with E-state index in [-0.39, 0.29) is 18.3 Å². The summed E-state index contributed by atoms with van der Waals surface area (Å²) in [6.45, 7) is 3.43. The van der Waals surface area contributed by atoms with Crippen molar-refractivity contribution in [1.29, 1.82) is 0 Å². The number of nitrogens with zero attached hydrogens (tertiary/aromatic N) is 1. The van der Waals surface area contributed by atoms with Crippen molar-refractivity contribution in [2.24, 2.45) is 5.10 Å². The van der Waals surface area contributed by atoms with E-state index < -0.39 is 0 Å². The first-order valence-electron chi connectivity index (χ1n) is 9.09. The van der Waals surface area contributed by atoms with Crippen LogP contribution in [0.1, 0.15) is 35.2 Å². The van der Waals surface area contributed by atoms with Crippen LogP contribution in [0.3, 0.4) is 0 Å². The van der Waals surface area contributed by atoms with Crippen molar-refractivity contribution in [3.05, 3.63) is 71.8 Å². The number of nitrogens with one attached hydrogen (secondary N) is 2. The number of halogens is 1. The number of hydrogen-bond acceptors (Lipinski definition) is 2. The quantitative estimate of drug-likeness (QED) is 0.657. The molecule has 2 aromatic carbocycles. The molecule has 4 nitrogen and oxygen atoms in total. The molecule has 1 amide bonds. The number of carbonyl (C=O) groups is 1. The van der Waals surface area contributed by atoms with Crippen molar-refractivity contribution < 1.29 is 22.1 Å². The van der Waals surface area contributed by atoms with Crippen molar-refractivity contribution in [3.8, 4) is 0 Å². The van der Waals surface area contributed by atoms with Gasteiger partial charge in [0.05, 0.1) is 19.6 Å². The molecule has 2 aromatic rings. The van der Waals surface area contributed by atoms with E-state index in [1.807, 2.05) is 18.2 Å². The summed E-state index contributed by atoms with van der Waals surface area (Å²) in [5, 5.41) is 4.38. The number of benzene rings is 2. The summed E-state index contributed by atoms with van der Waals surface area (Å²) < 4.78 is 0. The van der Waals surface area contributed by atoms with Crippen molar-refractivity contribution >= 4 is 11.6 Å². The molecule has 1 heterocycles. The van der Waals surface area contributed by atoms with Crippen molar-refractivity contribution in [1.82, 2.24) is 5.43 Å².